The van der Waals surface area contributed by atoms with E-state index in [4.69, 9.17) is 4.74 Å². The van der Waals surface area contributed by atoms with Crippen LogP contribution in [-0.2, 0) is 9.53 Å². The molecule has 3 unspecified atom stereocenters. The predicted molar refractivity (Wildman–Crippen MR) is 57.0 cm³/mol. The molecule has 2 nitrogen and oxygen atoms in total. The van der Waals surface area contributed by atoms with Crippen molar-refractivity contribution in [2.24, 2.45) is 23.7 Å². The van der Waals surface area contributed by atoms with Gasteiger partial charge in [-0.1, -0.05) is 18.7 Å². The van der Waals surface area contributed by atoms with Crippen LogP contribution in [0, 0.1) is 23.7 Å². The van der Waals surface area contributed by atoms with E-state index in [-0.39, 0.29) is 12.1 Å². The van der Waals surface area contributed by atoms with Gasteiger partial charge in [0.25, 0.3) is 0 Å². The zero-order valence-electron chi connectivity index (χ0n) is 8.76. The minimum atomic E-state index is -0.257. The van der Waals surface area contributed by atoms with Gasteiger partial charge in [-0.05, 0) is 37.0 Å². The van der Waals surface area contributed by atoms with Crippen LogP contribution in [0.1, 0.15) is 19.3 Å². The molecule has 3 aliphatic rings. The largest absolute Gasteiger partial charge is 0.459 e. The average molecular weight is 204 g/mol. The maximum Gasteiger partial charge on any atom is 0.330 e. The van der Waals surface area contributed by atoms with Gasteiger partial charge in [0.1, 0.15) is 6.10 Å². The topological polar surface area (TPSA) is 26.3 Å². The van der Waals surface area contributed by atoms with Gasteiger partial charge in [0.2, 0.25) is 0 Å². The van der Waals surface area contributed by atoms with Crippen molar-refractivity contribution >= 4 is 5.97 Å². The van der Waals surface area contributed by atoms with E-state index >= 15 is 0 Å². The van der Waals surface area contributed by atoms with Crippen molar-refractivity contribution in [2.75, 3.05) is 0 Å². The number of hydrogen-bond acceptors (Lipinski definition) is 2. The normalized spacial score (nSPS) is 45.5. The first-order valence-electron chi connectivity index (χ1n) is 5.81. The third-order valence-corrected chi connectivity index (χ3v) is 4.34. The number of rotatable bonds is 2. The molecule has 0 N–H and O–H groups in total. The maximum absolute atomic E-state index is 11.2. The lowest BCUT2D eigenvalue weighted by Crippen LogP contribution is -2.27. The van der Waals surface area contributed by atoms with Crippen LogP contribution < -0.4 is 0 Å². The summed E-state index contributed by atoms with van der Waals surface area (Å²) >= 11 is 0. The van der Waals surface area contributed by atoms with Gasteiger partial charge in [0.05, 0.1) is 0 Å². The van der Waals surface area contributed by atoms with Crippen LogP contribution in [0.2, 0.25) is 0 Å². The molecular weight excluding hydrogens is 188 g/mol. The van der Waals surface area contributed by atoms with Gasteiger partial charge in [-0.3, -0.25) is 0 Å². The molecule has 2 bridgehead atoms. The Kier molecular flexibility index (Phi) is 1.98. The van der Waals surface area contributed by atoms with E-state index in [1.807, 2.05) is 0 Å². The van der Waals surface area contributed by atoms with E-state index in [9.17, 15) is 4.79 Å². The number of carbonyl (C=O) groups excluding carboxylic acids is 1. The summed E-state index contributed by atoms with van der Waals surface area (Å²) in [5.41, 5.74) is 0. The number of hydrogen-bond donors (Lipinski definition) is 0. The van der Waals surface area contributed by atoms with Crippen LogP contribution in [0.5, 0.6) is 0 Å². The fraction of sp³-hybridized carbons (Fsp3) is 0.615. The summed E-state index contributed by atoms with van der Waals surface area (Å²) in [4.78, 5) is 11.2. The Balaban J connectivity index is 1.75. The minimum Gasteiger partial charge on any atom is -0.459 e. The Morgan fingerprint density at radius 3 is 2.93 bits per heavy atom. The van der Waals surface area contributed by atoms with E-state index in [1.165, 1.54) is 18.9 Å². The van der Waals surface area contributed by atoms with Crippen LogP contribution in [-0.4, -0.2) is 12.1 Å². The predicted octanol–water partition coefficient (Wildman–Crippen LogP) is 2.32. The van der Waals surface area contributed by atoms with E-state index in [2.05, 4.69) is 18.7 Å². The third-order valence-electron chi connectivity index (χ3n) is 4.34. The van der Waals surface area contributed by atoms with Crippen molar-refractivity contribution < 1.29 is 9.53 Å². The highest BCUT2D eigenvalue weighted by Gasteiger charge is 2.52. The quantitative estimate of drug-likeness (QED) is 0.392. The third kappa shape index (κ3) is 1.27. The summed E-state index contributed by atoms with van der Waals surface area (Å²) in [6, 6.07) is 0. The summed E-state index contributed by atoms with van der Waals surface area (Å²) in [6.45, 7) is 3.45. The Bertz CT molecular complexity index is 331. The maximum atomic E-state index is 11.2. The van der Waals surface area contributed by atoms with Gasteiger partial charge in [-0.15, -0.1) is 0 Å². The lowest BCUT2D eigenvalue weighted by molar-refractivity contribution is -0.145. The number of esters is 1. The van der Waals surface area contributed by atoms with Crippen molar-refractivity contribution in [3.63, 3.8) is 0 Å². The summed E-state index contributed by atoms with van der Waals surface area (Å²) in [5.74, 6) is 2.57. The molecular formula is C13H16O2. The van der Waals surface area contributed by atoms with E-state index < -0.39 is 0 Å². The standard InChI is InChI=1S/C13H16O2/c1-2-12(14)15-11-6-5-10-8-3-4-9(7-8)13(10)11/h2-4,8-11,13H,1,5-7H2/t8-,9+,10?,11?,13?/m0/s1. The van der Waals surface area contributed by atoms with Crippen molar-refractivity contribution in [3.05, 3.63) is 24.8 Å². The number of ether oxygens (including phenoxy) is 1. The minimum absolute atomic E-state index is 0.153. The Hall–Kier alpha value is -1.05. The van der Waals surface area contributed by atoms with E-state index in [0.29, 0.717) is 11.8 Å². The summed E-state index contributed by atoms with van der Waals surface area (Å²) < 4.78 is 5.44. The SMILES string of the molecule is C=CC(=O)OC1CCC2C1[C@@H]1C=C[C@H]2C1. The molecule has 2 heteroatoms. The van der Waals surface area contributed by atoms with Crippen LogP contribution in [0.3, 0.4) is 0 Å². The second kappa shape index (κ2) is 3.22. The fourth-order valence-electron chi connectivity index (χ4n) is 3.80. The Labute approximate surface area is 90.0 Å². The first-order valence-corrected chi connectivity index (χ1v) is 5.81. The van der Waals surface area contributed by atoms with Crippen LogP contribution in [0.25, 0.3) is 0 Å². The molecule has 2 fully saturated rings. The second-order valence-electron chi connectivity index (χ2n) is 4.95. The zero-order chi connectivity index (χ0) is 10.4. The van der Waals surface area contributed by atoms with Crippen molar-refractivity contribution in [3.8, 4) is 0 Å². The molecule has 3 aliphatic carbocycles. The Morgan fingerprint density at radius 1 is 1.33 bits per heavy atom. The van der Waals surface area contributed by atoms with Gasteiger partial charge >= 0.3 is 5.97 Å². The molecule has 0 heterocycles. The molecule has 0 aliphatic heterocycles. The molecule has 80 valence electrons. The summed E-state index contributed by atoms with van der Waals surface area (Å²) in [5, 5.41) is 0. The summed E-state index contributed by atoms with van der Waals surface area (Å²) in [7, 11) is 0. The first kappa shape index (κ1) is 9.20. The smallest absolute Gasteiger partial charge is 0.330 e. The molecule has 0 radical (unpaired) electrons. The number of fused-ring (bicyclic) bond motifs is 5. The highest BCUT2D eigenvalue weighted by molar-refractivity contribution is 5.81. The van der Waals surface area contributed by atoms with Gasteiger partial charge in [-0.25, -0.2) is 4.79 Å². The van der Waals surface area contributed by atoms with Crippen molar-refractivity contribution in [2.45, 2.75) is 25.4 Å². The van der Waals surface area contributed by atoms with Crippen LogP contribution >= 0.6 is 0 Å². The molecule has 2 saturated carbocycles. The lowest BCUT2D eigenvalue weighted by atomic mass is 9.85. The van der Waals surface area contributed by atoms with E-state index in [1.54, 1.807) is 0 Å². The first-order chi connectivity index (χ1) is 7.29. The highest BCUT2D eigenvalue weighted by Crippen LogP contribution is 2.56. The molecule has 0 saturated heterocycles. The van der Waals surface area contributed by atoms with Gasteiger partial charge in [-0.2, -0.15) is 0 Å². The van der Waals surface area contributed by atoms with Gasteiger partial charge in [0, 0.05) is 12.0 Å². The second-order valence-corrected chi connectivity index (χ2v) is 4.95. The van der Waals surface area contributed by atoms with E-state index in [0.717, 1.165) is 18.3 Å². The monoisotopic (exact) mass is 204 g/mol. The molecule has 0 amide bonds. The highest BCUT2D eigenvalue weighted by atomic mass is 16.5. The molecule has 0 aromatic heterocycles. The van der Waals surface area contributed by atoms with Crippen molar-refractivity contribution in [1.29, 1.82) is 0 Å². The number of carbonyl (C=O) groups is 1. The molecule has 0 aromatic rings. The number of allylic oxidation sites excluding steroid dienone is 2. The molecule has 0 aromatic carbocycles. The fourth-order valence-corrected chi connectivity index (χ4v) is 3.80. The van der Waals surface area contributed by atoms with Crippen LogP contribution in [0.4, 0.5) is 0 Å². The average Bonchev–Trinajstić information content (AvgIpc) is 2.89. The molecule has 3 rings (SSSR count). The molecule has 5 atom stereocenters. The molecule has 15 heavy (non-hydrogen) atoms. The summed E-state index contributed by atoms with van der Waals surface area (Å²) in [6.07, 6.45) is 9.68. The Morgan fingerprint density at radius 2 is 2.13 bits per heavy atom. The van der Waals surface area contributed by atoms with Crippen molar-refractivity contribution in [1.82, 2.24) is 0 Å². The lowest BCUT2D eigenvalue weighted by Gasteiger charge is -2.25. The molecule has 0 spiro atoms. The van der Waals surface area contributed by atoms with Crippen LogP contribution in [0.15, 0.2) is 24.8 Å². The zero-order valence-corrected chi connectivity index (χ0v) is 8.76. The van der Waals surface area contributed by atoms with Gasteiger partial charge in [0.15, 0.2) is 0 Å². The van der Waals surface area contributed by atoms with Gasteiger partial charge < -0.3 is 4.74 Å².